The summed E-state index contributed by atoms with van der Waals surface area (Å²) in [5.74, 6) is 0.105. The number of aliphatic hydroxyl groups is 2. The Morgan fingerprint density at radius 2 is 2.38 bits per heavy atom. The lowest BCUT2D eigenvalue weighted by molar-refractivity contribution is -0.318. The smallest absolute Gasteiger partial charge is 0.351 e. The Kier molecular flexibility index (Phi) is 5.22. The van der Waals surface area contributed by atoms with Crippen LogP contribution < -0.4 is 11.4 Å². The van der Waals surface area contributed by atoms with Crippen molar-refractivity contribution in [1.82, 2.24) is 9.55 Å². The highest BCUT2D eigenvalue weighted by Gasteiger charge is 2.37. The molecule has 0 saturated carbocycles. The van der Waals surface area contributed by atoms with Crippen LogP contribution >= 0.6 is 8.38 Å². The monoisotopic (exact) mass is 321 g/mol. The molecular weight excluding hydrogens is 305 g/mol. The second-order valence-corrected chi connectivity index (χ2v) is 5.56. The van der Waals surface area contributed by atoms with E-state index in [1.807, 2.05) is 0 Å². The van der Waals surface area contributed by atoms with Gasteiger partial charge in [0.25, 0.3) is 0 Å². The fraction of sp³-hybridized carbons (Fsp3) is 0.600. The molecule has 2 rings (SSSR count). The van der Waals surface area contributed by atoms with Crippen molar-refractivity contribution in [1.29, 1.82) is 0 Å². The predicted molar refractivity (Wildman–Crippen MR) is 70.6 cm³/mol. The SMILES string of the molecule is Cc1cn([C@@H]2O[C@H](OOP(O)CO)CC2O)c(=O)nc1N. The molecule has 0 bridgehead atoms. The van der Waals surface area contributed by atoms with Crippen LogP contribution in [0.15, 0.2) is 11.0 Å². The fourth-order valence-electron chi connectivity index (χ4n) is 1.81. The average Bonchev–Trinajstić information content (AvgIpc) is 2.81. The largest absolute Gasteiger partial charge is 0.388 e. The maximum atomic E-state index is 11.8. The van der Waals surface area contributed by atoms with Crippen molar-refractivity contribution in [3.8, 4) is 0 Å². The Morgan fingerprint density at radius 1 is 1.67 bits per heavy atom. The average molecular weight is 321 g/mol. The Hall–Kier alpha value is -1.13. The molecule has 21 heavy (non-hydrogen) atoms. The summed E-state index contributed by atoms with van der Waals surface area (Å²) in [6.07, 6.45) is -2.16. The molecule has 0 spiro atoms. The molecular formula is C10H16N3O7P. The minimum absolute atomic E-state index is 0.0229. The van der Waals surface area contributed by atoms with Gasteiger partial charge in [0.2, 0.25) is 8.38 Å². The zero-order chi connectivity index (χ0) is 15.6. The van der Waals surface area contributed by atoms with E-state index in [1.165, 1.54) is 6.20 Å². The number of aromatic nitrogens is 2. The van der Waals surface area contributed by atoms with Crippen molar-refractivity contribution < 1.29 is 29.4 Å². The zero-order valence-corrected chi connectivity index (χ0v) is 12.0. The number of nitrogens with zero attached hydrogens (tertiary/aromatic N) is 2. The number of aliphatic hydroxyl groups excluding tert-OH is 2. The second kappa shape index (κ2) is 6.75. The summed E-state index contributed by atoms with van der Waals surface area (Å²) in [7, 11) is -2.12. The van der Waals surface area contributed by atoms with Crippen LogP contribution in [0.1, 0.15) is 18.2 Å². The van der Waals surface area contributed by atoms with Crippen LogP contribution in [0.5, 0.6) is 0 Å². The van der Waals surface area contributed by atoms with E-state index >= 15 is 0 Å². The van der Waals surface area contributed by atoms with Crippen molar-refractivity contribution in [2.24, 2.45) is 0 Å². The van der Waals surface area contributed by atoms with Crippen LogP contribution in [0.4, 0.5) is 5.82 Å². The van der Waals surface area contributed by atoms with E-state index in [4.69, 9.17) is 25.4 Å². The first kappa shape index (κ1) is 16.2. The van der Waals surface area contributed by atoms with E-state index in [1.54, 1.807) is 6.92 Å². The van der Waals surface area contributed by atoms with Crippen molar-refractivity contribution in [3.05, 3.63) is 22.2 Å². The molecule has 1 aliphatic heterocycles. The Labute approximate surface area is 120 Å². The van der Waals surface area contributed by atoms with Gasteiger partial charge < -0.3 is 25.6 Å². The molecule has 1 aromatic heterocycles. The molecule has 118 valence electrons. The normalized spacial score (nSPS) is 27.0. The number of nitrogens with two attached hydrogens (primary N) is 1. The van der Waals surface area contributed by atoms with Crippen LogP contribution in [0.25, 0.3) is 0 Å². The van der Waals surface area contributed by atoms with Crippen LogP contribution in [0, 0.1) is 6.92 Å². The lowest BCUT2D eigenvalue weighted by Crippen LogP contribution is -2.32. The molecule has 4 atom stereocenters. The number of anilines is 1. The quantitative estimate of drug-likeness (QED) is 0.302. The third-order valence-corrected chi connectivity index (χ3v) is 3.36. The third-order valence-electron chi connectivity index (χ3n) is 2.86. The number of nitrogen functional groups attached to an aromatic ring is 1. The van der Waals surface area contributed by atoms with Gasteiger partial charge in [-0.3, -0.25) is 4.57 Å². The van der Waals surface area contributed by atoms with E-state index < -0.39 is 39.0 Å². The first-order chi connectivity index (χ1) is 9.92. The first-order valence-electron chi connectivity index (χ1n) is 6.02. The maximum Gasteiger partial charge on any atom is 0.351 e. The van der Waals surface area contributed by atoms with Crippen LogP contribution in [0.3, 0.4) is 0 Å². The molecule has 0 aromatic carbocycles. The molecule has 11 heteroatoms. The summed E-state index contributed by atoms with van der Waals surface area (Å²) < 4.78 is 10.9. The van der Waals surface area contributed by atoms with Crippen LogP contribution in [0.2, 0.25) is 0 Å². The van der Waals surface area contributed by atoms with E-state index in [9.17, 15) is 9.90 Å². The summed E-state index contributed by atoms with van der Waals surface area (Å²) in [4.78, 5) is 29.2. The minimum Gasteiger partial charge on any atom is -0.388 e. The number of aryl methyl sites for hydroxylation is 1. The number of ether oxygens (including phenoxy) is 1. The van der Waals surface area contributed by atoms with Gasteiger partial charge in [-0.2, -0.15) is 14.5 Å². The lowest BCUT2D eigenvalue weighted by Gasteiger charge is -2.18. The Balaban J connectivity index is 2.08. The van der Waals surface area contributed by atoms with Gasteiger partial charge in [0, 0.05) is 18.2 Å². The van der Waals surface area contributed by atoms with Crippen molar-refractivity contribution in [2.75, 3.05) is 12.1 Å². The number of hydrogen-bond acceptors (Lipinski definition) is 9. The highest BCUT2D eigenvalue weighted by atomic mass is 31.2. The molecule has 0 amide bonds. The molecule has 0 aliphatic carbocycles. The molecule has 5 N–H and O–H groups in total. The Morgan fingerprint density at radius 3 is 3.05 bits per heavy atom. The summed E-state index contributed by atoms with van der Waals surface area (Å²) in [6, 6.07) is 0. The molecule has 1 aliphatic rings. The lowest BCUT2D eigenvalue weighted by atomic mass is 10.2. The summed E-state index contributed by atoms with van der Waals surface area (Å²) in [6.45, 7) is 1.66. The summed E-state index contributed by atoms with van der Waals surface area (Å²) in [5.41, 5.74) is 5.42. The maximum absolute atomic E-state index is 11.8. The molecule has 1 aromatic rings. The van der Waals surface area contributed by atoms with Gasteiger partial charge in [-0.1, -0.05) is 0 Å². The van der Waals surface area contributed by atoms with Crippen molar-refractivity contribution in [3.63, 3.8) is 0 Å². The third kappa shape index (κ3) is 3.74. The van der Waals surface area contributed by atoms with Gasteiger partial charge in [0.15, 0.2) is 12.5 Å². The van der Waals surface area contributed by atoms with Gasteiger partial charge >= 0.3 is 5.69 Å². The first-order valence-corrected chi connectivity index (χ1v) is 7.41. The highest BCUT2D eigenvalue weighted by Crippen LogP contribution is 2.34. The van der Waals surface area contributed by atoms with Crippen molar-refractivity contribution >= 4 is 14.2 Å². The summed E-state index contributed by atoms with van der Waals surface area (Å²) >= 11 is 0. The zero-order valence-electron chi connectivity index (χ0n) is 11.1. The topological polar surface area (TPSA) is 149 Å². The van der Waals surface area contributed by atoms with E-state index in [0.29, 0.717) is 5.56 Å². The highest BCUT2D eigenvalue weighted by molar-refractivity contribution is 7.45. The Bertz CT molecular complexity index is 554. The van der Waals surface area contributed by atoms with E-state index in [0.717, 1.165) is 4.57 Å². The number of rotatable bonds is 5. The molecule has 2 unspecified atom stereocenters. The second-order valence-electron chi connectivity index (χ2n) is 4.42. The molecule has 10 nitrogen and oxygen atoms in total. The van der Waals surface area contributed by atoms with Crippen LogP contribution in [-0.4, -0.2) is 43.4 Å². The van der Waals surface area contributed by atoms with Crippen molar-refractivity contribution in [2.45, 2.75) is 32.0 Å². The molecule has 1 fully saturated rings. The number of hydrogen-bond donors (Lipinski definition) is 4. The fourth-order valence-corrected chi connectivity index (χ4v) is 2.05. The summed E-state index contributed by atoms with van der Waals surface area (Å²) in [5, 5.41) is 18.5. The van der Waals surface area contributed by atoms with Gasteiger partial charge in [-0.15, -0.1) is 0 Å². The minimum atomic E-state index is -2.12. The standard InChI is InChI=1S/C10H16N3O7P/c1-5-3-13(10(16)12-8(5)11)9-6(15)2-7(18-9)19-20-21(17)4-14/h3,6-7,9,14-15,17H,2,4H2,1H3,(H2,11,12,16)/t6?,7-,9-,21?/m1/s1. The van der Waals surface area contributed by atoms with Gasteiger partial charge in [0.1, 0.15) is 18.3 Å². The molecule has 0 radical (unpaired) electrons. The van der Waals surface area contributed by atoms with E-state index in [-0.39, 0.29) is 12.2 Å². The molecule has 2 heterocycles. The molecule has 1 saturated heterocycles. The van der Waals surface area contributed by atoms with Crippen LogP contribution in [-0.2, 0) is 14.3 Å². The van der Waals surface area contributed by atoms with Gasteiger partial charge in [-0.25, -0.2) is 4.79 Å². The van der Waals surface area contributed by atoms with Gasteiger partial charge in [0.05, 0.1) is 0 Å². The predicted octanol–water partition coefficient (Wildman–Crippen LogP) is -1.06. The van der Waals surface area contributed by atoms with E-state index in [2.05, 4.69) is 9.66 Å². The van der Waals surface area contributed by atoms with Gasteiger partial charge in [-0.05, 0) is 6.92 Å².